The maximum absolute atomic E-state index is 5.56. The quantitative estimate of drug-likeness (QED) is 0.612. The van der Waals surface area contributed by atoms with E-state index in [0.29, 0.717) is 0 Å². The van der Waals surface area contributed by atoms with Crippen molar-refractivity contribution in [2.75, 3.05) is 6.61 Å². The highest BCUT2D eigenvalue weighted by Gasteiger charge is 2.27. The third-order valence-electron chi connectivity index (χ3n) is 2.60. The zero-order valence-electron chi connectivity index (χ0n) is 11.6. The summed E-state index contributed by atoms with van der Waals surface area (Å²) in [5, 5.41) is 0. The van der Waals surface area contributed by atoms with Gasteiger partial charge in [-0.05, 0) is 23.5 Å². The maximum atomic E-state index is 5.56. The van der Waals surface area contributed by atoms with Crippen molar-refractivity contribution in [1.29, 1.82) is 0 Å². The Morgan fingerprint density at radius 3 is 2.12 bits per heavy atom. The third kappa shape index (κ3) is 3.55. The molecule has 1 nitrogen and oxygen atoms in total. The highest BCUT2D eigenvalue weighted by atomic mass is 16.5. The second-order valence-corrected chi connectivity index (χ2v) is 3.98. The standard InChI is InChI=1S/C11H14O.2C2H6/c1-11(2)7-8-12-10-6-4-3-5-9(10)11;2*1-2/h3-6H,7-8H2,1-2H3;2*1-2H3. The molecule has 0 saturated carbocycles. The zero-order chi connectivity index (χ0) is 12.6. The van der Waals surface area contributed by atoms with E-state index in [-0.39, 0.29) is 5.41 Å². The SMILES string of the molecule is CC.CC.CC1(C)CCOc2ccccc21. The van der Waals surface area contributed by atoms with Crippen LogP contribution >= 0.6 is 0 Å². The van der Waals surface area contributed by atoms with Gasteiger partial charge in [0.25, 0.3) is 0 Å². The van der Waals surface area contributed by atoms with Crippen molar-refractivity contribution < 1.29 is 4.74 Å². The lowest BCUT2D eigenvalue weighted by molar-refractivity contribution is 0.234. The molecule has 0 saturated heterocycles. The van der Waals surface area contributed by atoms with E-state index in [1.807, 2.05) is 33.8 Å². The van der Waals surface area contributed by atoms with Crippen molar-refractivity contribution in [3.63, 3.8) is 0 Å². The summed E-state index contributed by atoms with van der Waals surface area (Å²) >= 11 is 0. The van der Waals surface area contributed by atoms with Crippen LogP contribution in [0.25, 0.3) is 0 Å². The molecule has 0 fully saturated rings. The molecule has 92 valence electrons. The molecule has 0 spiro atoms. The van der Waals surface area contributed by atoms with Crippen LogP contribution in [0, 0.1) is 0 Å². The van der Waals surface area contributed by atoms with Gasteiger partial charge in [-0.2, -0.15) is 0 Å². The van der Waals surface area contributed by atoms with E-state index < -0.39 is 0 Å². The molecule has 0 radical (unpaired) electrons. The van der Waals surface area contributed by atoms with E-state index in [1.165, 1.54) is 5.56 Å². The first kappa shape index (κ1) is 15.0. The summed E-state index contributed by atoms with van der Waals surface area (Å²) in [5.41, 5.74) is 1.63. The summed E-state index contributed by atoms with van der Waals surface area (Å²) in [6, 6.07) is 8.32. The molecule has 2 rings (SSSR count). The molecule has 0 unspecified atom stereocenters. The predicted octanol–water partition coefficient (Wildman–Crippen LogP) is 4.80. The Kier molecular flexibility index (Phi) is 6.87. The molecule has 0 aromatic heterocycles. The van der Waals surface area contributed by atoms with E-state index in [1.54, 1.807) is 0 Å². The van der Waals surface area contributed by atoms with Gasteiger partial charge in [0.15, 0.2) is 0 Å². The molecule has 1 aromatic rings. The second kappa shape index (κ2) is 7.32. The Hall–Kier alpha value is -0.980. The average Bonchev–Trinajstić information content (AvgIpc) is 2.34. The van der Waals surface area contributed by atoms with Crippen molar-refractivity contribution in [3.8, 4) is 5.75 Å². The minimum Gasteiger partial charge on any atom is -0.493 e. The Labute approximate surface area is 101 Å². The fourth-order valence-corrected chi connectivity index (χ4v) is 1.70. The van der Waals surface area contributed by atoms with Crippen molar-refractivity contribution in [1.82, 2.24) is 0 Å². The smallest absolute Gasteiger partial charge is 0.123 e. The molecule has 1 aliphatic heterocycles. The molecule has 0 N–H and O–H groups in total. The summed E-state index contributed by atoms with van der Waals surface area (Å²) in [6.07, 6.45) is 1.12. The van der Waals surface area contributed by atoms with Crippen molar-refractivity contribution in [3.05, 3.63) is 29.8 Å². The fourth-order valence-electron chi connectivity index (χ4n) is 1.70. The summed E-state index contributed by atoms with van der Waals surface area (Å²) in [5.74, 6) is 1.06. The van der Waals surface area contributed by atoms with Gasteiger partial charge in [-0.15, -0.1) is 0 Å². The lowest BCUT2D eigenvalue weighted by Crippen LogP contribution is -2.26. The van der Waals surface area contributed by atoms with Crippen LogP contribution in [-0.2, 0) is 5.41 Å². The van der Waals surface area contributed by atoms with Crippen LogP contribution in [-0.4, -0.2) is 6.61 Å². The molecule has 16 heavy (non-hydrogen) atoms. The van der Waals surface area contributed by atoms with Gasteiger partial charge in [0.1, 0.15) is 5.75 Å². The van der Waals surface area contributed by atoms with Crippen molar-refractivity contribution in [2.45, 2.75) is 53.4 Å². The minimum absolute atomic E-state index is 0.287. The minimum atomic E-state index is 0.287. The molecular weight excluding hydrogens is 196 g/mol. The van der Waals surface area contributed by atoms with Crippen LogP contribution in [0.4, 0.5) is 0 Å². The monoisotopic (exact) mass is 222 g/mol. The first-order chi connectivity index (χ1) is 7.70. The number of benzene rings is 1. The van der Waals surface area contributed by atoms with E-state index in [4.69, 9.17) is 4.74 Å². The van der Waals surface area contributed by atoms with Crippen molar-refractivity contribution in [2.24, 2.45) is 0 Å². The summed E-state index contributed by atoms with van der Waals surface area (Å²) in [6.45, 7) is 13.4. The highest BCUT2D eigenvalue weighted by Crippen LogP contribution is 2.37. The van der Waals surface area contributed by atoms with Crippen LogP contribution in [0.15, 0.2) is 24.3 Å². The van der Waals surface area contributed by atoms with Gasteiger partial charge in [0, 0.05) is 0 Å². The molecule has 1 heteroatoms. The topological polar surface area (TPSA) is 9.23 Å². The van der Waals surface area contributed by atoms with Gasteiger partial charge in [-0.3, -0.25) is 0 Å². The molecule has 1 aromatic carbocycles. The number of hydrogen-bond acceptors (Lipinski definition) is 1. The van der Waals surface area contributed by atoms with E-state index in [9.17, 15) is 0 Å². The summed E-state index contributed by atoms with van der Waals surface area (Å²) in [7, 11) is 0. The van der Waals surface area contributed by atoms with Gasteiger partial charge in [-0.1, -0.05) is 59.7 Å². The van der Waals surface area contributed by atoms with Crippen LogP contribution in [0.5, 0.6) is 5.75 Å². The Bertz CT molecular complexity index is 289. The lowest BCUT2D eigenvalue weighted by Gasteiger charge is -2.32. The van der Waals surface area contributed by atoms with Crippen LogP contribution in [0.3, 0.4) is 0 Å². The maximum Gasteiger partial charge on any atom is 0.123 e. The van der Waals surface area contributed by atoms with Gasteiger partial charge in [0.2, 0.25) is 0 Å². The normalized spacial score (nSPS) is 15.4. The van der Waals surface area contributed by atoms with E-state index >= 15 is 0 Å². The average molecular weight is 222 g/mol. The number of ether oxygens (including phenoxy) is 1. The molecule has 0 amide bonds. The van der Waals surface area contributed by atoms with Crippen LogP contribution in [0.1, 0.15) is 53.5 Å². The van der Waals surface area contributed by atoms with Gasteiger partial charge in [0.05, 0.1) is 6.61 Å². The number of fused-ring (bicyclic) bond motifs is 1. The predicted molar refractivity (Wildman–Crippen MR) is 72.3 cm³/mol. The summed E-state index contributed by atoms with van der Waals surface area (Å²) in [4.78, 5) is 0. The molecule has 0 bridgehead atoms. The molecule has 1 aliphatic rings. The zero-order valence-corrected chi connectivity index (χ0v) is 11.6. The first-order valence-electron chi connectivity index (χ1n) is 6.42. The van der Waals surface area contributed by atoms with Crippen molar-refractivity contribution >= 4 is 0 Å². The Balaban J connectivity index is 0.000000509. The fraction of sp³-hybridized carbons (Fsp3) is 0.600. The molecule has 0 atom stereocenters. The summed E-state index contributed by atoms with van der Waals surface area (Å²) < 4.78 is 5.56. The van der Waals surface area contributed by atoms with Gasteiger partial charge in [-0.25, -0.2) is 0 Å². The Morgan fingerprint density at radius 1 is 1.00 bits per heavy atom. The largest absolute Gasteiger partial charge is 0.493 e. The van der Waals surface area contributed by atoms with Crippen LogP contribution < -0.4 is 4.74 Å². The highest BCUT2D eigenvalue weighted by molar-refractivity contribution is 5.40. The number of rotatable bonds is 0. The van der Waals surface area contributed by atoms with E-state index in [0.717, 1.165) is 18.8 Å². The first-order valence-corrected chi connectivity index (χ1v) is 6.42. The lowest BCUT2D eigenvalue weighted by atomic mass is 9.80. The molecule has 1 heterocycles. The number of hydrogen-bond donors (Lipinski definition) is 0. The molecule has 0 aliphatic carbocycles. The third-order valence-corrected chi connectivity index (χ3v) is 2.60. The van der Waals surface area contributed by atoms with E-state index in [2.05, 4.69) is 32.0 Å². The van der Waals surface area contributed by atoms with Crippen LogP contribution in [0.2, 0.25) is 0 Å². The second-order valence-electron chi connectivity index (χ2n) is 3.98. The number of para-hydroxylation sites is 1. The molecular formula is C15H26O. The van der Waals surface area contributed by atoms with Gasteiger partial charge >= 0.3 is 0 Å². The van der Waals surface area contributed by atoms with Gasteiger partial charge < -0.3 is 4.74 Å². The Morgan fingerprint density at radius 2 is 1.56 bits per heavy atom.